The normalized spacial score (nSPS) is 13.8. The van der Waals surface area contributed by atoms with Gasteiger partial charge in [0, 0.05) is 19.5 Å². The Hall–Kier alpha value is -2.82. The summed E-state index contributed by atoms with van der Waals surface area (Å²) < 4.78 is 0. The zero-order chi connectivity index (χ0) is 17.8. The topological polar surface area (TPSA) is 61.4 Å². The van der Waals surface area contributed by atoms with Crippen molar-refractivity contribution in [3.8, 4) is 0 Å². The van der Waals surface area contributed by atoms with E-state index in [-0.39, 0.29) is 11.9 Å². The quantitative estimate of drug-likeness (QED) is 0.892. The lowest BCUT2D eigenvalue weighted by molar-refractivity contribution is -0.117. The highest BCUT2D eigenvalue weighted by atomic mass is 16.2. The summed E-state index contributed by atoms with van der Waals surface area (Å²) in [5, 5.41) is 5.75. The van der Waals surface area contributed by atoms with Crippen LogP contribution in [0.25, 0.3) is 0 Å². The Morgan fingerprint density at radius 2 is 1.96 bits per heavy atom. The molecule has 1 fully saturated rings. The van der Waals surface area contributed by atoms with E-state index in [2.05, 4.69) is 16.7 Å². The number of para-hydroxylation sites is 2. The largest absolute Gasteiger partial charge is 0.334 e. The van der Waals surface area contributed by atoms with Gasteiger partial charge in [0.15, 0.2) is 0 Å². The maximum atomic E-state index is 12.3. The molecule has 2 N–H and O–H groups in total. The van der Waals surface area contributed by atoms with Crippen LogP contribution in [0.1, 0.15) is 29.5 Å². The van der Waals surface area contributed by atoms with Crippen molar-refractivity contribution >= 4 is 23.3 Å². The lowest BCUT2D eigenvalue weighted by Crippen LogP contribution is -2.30. The summed E-state index contributed by atoms with van der Waals surface area (Å²) in [6.45, 7) is 5.24. The third-order valence-corrected chi connectivity index (χ3v) is 4.45. The molecule has 5 nitrogen and oxygen atoms in total. The SMILES string of the molecule is Cc1ccc(CNC(=O)Nc2ccccc2N2CCCC2=O)c(C)c1. The minimum absolute atomic E-state index is 0.102. The van der Waals surface area contributed by atoms with Gasteiger partial charge in [-0.3, -0.25) is 4.79 Å². The van der Waals surface area contributed by atoms with Crippen molar-refractivity contribution in [2.45, 2.75) is 33.2 Å². The molecular formula is C20H23N3O2. The number of rotatable bonds is 4. The van der Waals surface area contributed by atoms with Crippen LogP contribution in [-0.2, 0) is 11.3 Å². The summed E-state index contributed by atoms with van der Waals surface area (Å²) in [5.41, 5.74) is 4.85. The van der Waals surface area contributed by atoms with Crippen molar-refractivity contribution < 1.29 is 9.59 Å². The van der Waals surface area contributed by atoms with Gasteiger partial charge in [-0.05, 0) is 43.5 Å². The molecule has 1 aliphatic heterocycles. The average Bonchev–Trinajstić information content (AvgIpc) is 3.00. The van der Waals surface area contributed by atoms with E-state index in [4.69, 9.17) is 0 Å². The van der Waals surface area contributed by atoms with E-state index in [1.165, 1.54) is 5.56 Å². The van der Waals surface area contributed by atoms with Crippen LogP contribution in [-0.4, -0.2) is 18.5 Å². The van der Waals surface area contributed by atoms with Crippen molar-refractivity contribution in [2.75, 3.05) is 16.8 Å². The molecule has 0 radical (unpaired) electrons. The molecule has 0 aliphatic carbocycles. The highest BCUT2D eigenvalue weighted by molar-refractivity contribution is 6.01. The van der Waals surface area contributed by atoms with Gasteiger partial charge < -0.3 is 15.5 Å². The predicted octanol–water partition coefficient (Wildman–Crippen LogP) is 3.75. The van der Waals surface area contributed by atoms with Gasteiger partial charge in [0.05, 0.1) is 11.4 Å². The number of nitrogens with one attached hydrogen (secondary N) is 2. The molecule has 0 unspecified atom stereocenters. The van der Waals surface area contributed by atoms with Crippen molar-refractivity contribution in [3.05, 3.63) is 59.2 Å². The summed E-state index contributed by atoms with van der Waals surface area (Å²) in [7, 11) is 0. The Kier molecular flexibility index (Phi) is 5.03. The molecule has 5 heteroatoms. The molecule has 0 bridgehead atoms. The van der Waals surface area contributed by atoms with Crippen LogP contribution in [0.3, 0.4) is 0 Å². The molecular weight excluding hydrogens is 314 g/mol. The molecule has 2 aromatic carbocycles. The molecule has 3 amide bonds. The molecule has 0 spiro atoms. The number of carbonyl (C=O) groups is 2. The predicted molar refractivity (Wildman–Crippen MR) is 99.8 cm³/mol. The molecule has 1 heterocycles. The van der Waals surface area contributed by atoms with E-state index in [0.717, 1.165) is 23.2 Å². The molecule has 0 atom stereocenters. The number of hydrogen-bond acceptors (Lipinski definition) is 2. The average molecular weight is 337 g/mol. The third-order valence-electron chi connectivity index (χ3n) is 4.45. The smallest absolute Gasteiger partial charge is 0.319 e. The lowest BCUT2D eigenvalue weighted by atomic mass is 10.1. The van der Waals surface area contributed by atoms with E-state index < -0.39 is 0 Å². The van der Waals surface area contributed by atoms with Gasteiger partial charge in [-0.1, -0.05) is 35.9 Å². The zero-order valence-electron chi connectivity index (χ0n) is 14.6. The Morgan fingerprint density at radius 3 is 2.68 bits per heavy atom. The Labute approximate surface area is 148 Å². The number of urea groups is 1. The molecule has 1 saturated heterocycles. The minimum atomic E-state index is -0.279. The van der Waals surface area contributed by atoms with Crippen LogP contribution in [0.5, 0.6) is 0 Å². The first kappa shape index (κ1) is 17.0. The second-order valence-electron chi connectivity index (χ2n) is 6.40. The van der Waals surface area contributed by atoms with Gasteiger partial charge in [0.2, 0.25) is 5.91 Å². The minimum Gasteiger partial charge on any atom is -0.334 e. The standard InChI is InChI=1S/C20H23N3O2/c1-14-9-10-16(15(2)12-14)13-21-20(25)22-17-6-3-4-7-18(17)23-11-5-8-19(23)24/h3-4,6-7,9-10,12H,5,8,11,13H2,1-2H3,(H2,21,22,25). The fourth-order valence-electron chi connectivity index (χ4n) is 3.10. The van der Waals surface area contributed by atoms with Crippen LogP contribution >= 0.6 is 0 Å². The van der Waals surface area contributed by atoms with E-state index in [1.54, 1.807) is 4.90 Å². The molecule has 130 valence electrons. The van der Waals surface area contributed by atoms with Crippen LogP contribution in [0.15, 0.2) is 42.5 Å². The Morgan fingerprint density at radius 1 is 1.16 bits per heavy atom. The zero-order valence-corrected chi connectivity index (χ0v) is 14.6. The maximum Gasteiger partial charge on any atom is 0.319 e. The van der Waals surface area contributed by atoms with Gasteiger partial charge in [0.25, 0.3) is 0 Å². The monoisotopic (exact) mass is 337 g/mol. The Bertz CT molecular complexity index is 801. The number of nitrogens with zero attached hydrogens (tertiary/aromatic N) is 1. The fourth-order valence-corrected chi connectivity index (χ4v) is 3.10. The number of hydrogen-bond donors (Lipinski definition) is 2. The van der Waals surface area contributed by atoms with Gasteiger partial charge in [-0.15, -0.1) is 0 Å². The summed E-state index contributed by atoms with van der Waals surface area (Å²) in [4.78, 5) is 26.0. The van der Waals surface area contributed by atoms with Gasteiger partial charge in [-0.2, -0.15) is 0 Å². The second kappa shape index (κ2) is 7.38. The van der Waals surface area contributed by atoms with E-state index >= 15 is 0 Å². The van der Waals surface area contributed by atoms with Crippen molar-refractivity contribution in [2.24, 2.45) is 0 Å². The van der Waals surface area contributed by atoms with Gasteiger partial charge in [-0.25, -0.2) is 4.79 Å². The summed E-state index contributed by atoms with van der Waals surface area (Å²) in [6, 6.07) is 13.3. The van der Waals surface area contributed by atoms with Crippen LogP contribution in [0, 0.1) is 13.8 Å². The number of aryl methyl sites for hydroxylation is 2. The lowest BCUT2D eigenvalue weighted by Gasteiger charge is -2.20. The van der Waals surface area contributed by atoms with Crippen molar-refractivity contribution in [3.63, 3.8) is 0 Å². The first-order valence-corrected chi connectivity index (χ1v) is 8.55. The van der Waals surface area contributed by atoms with E-state index in [1.807, 2.05) is 50.2 Å². The molecule has 2 aromatic rings. The molecule has 25 heavy (non-hydrogen) atoms. The highest BCUT2D eigenvalue weighted by Crippen LogP contribution is 2.29. The summed E-state index contributed by atoms with van der Waals surface area (Å²) in [6.07, 6.45) is 1.42. The fraction of sp³-hybridized carbons (Fsp3) is 0.300. The first-order valence-electron chi connectivity index (χ1n) is 8.55. The number of benzene rings is 2. The number of carbonyl (C=O) groups excluding carboxylic acids is 2. The van der Waals surface area contributed by atoms with Crippen molar-refractivity contribution in [1.82, 2.24) is 5.32 Å². The number of anilines is 2. The summed E-state index contributed by atoms with van der Waals surface area (Å²) >= 11 is 0. The van der Waals surface area contributed by atoms with Crippen LogP contribution in [0.4, 0.5) is 16.2 Å². The van der Waals surface area contributed by atoms with E-state index in [9.17, 15) is 9.59 Å². The molecule has 3 rings (SSSR count). The van der Waals surface area contributed by atoms with Gasteiger partial charge in [0.1, 0.15) is 0 Å². The van der Waals surface area contributed by atoms with Crippen LogP contribution in [0.2, 0.25) is 0 Å². The maximum absolute atomic E-state index is 12.3. The highest BCUT2D eigenvalue weighted by Gasteiger charge is 2.24. The number of amides is 3. The first-order chi connectivity index (χ1) is 12.0. The third kappa shape index (κ3) is 3.99. The van der Waals surface area contributed by atoms with Gasteiger partial charge >= 0.3 is 6.03 Å². The van der Waals surface area contributed by atoms with Crippen molar-refractivity contribution in [1.29, 1.82) is 0 Å². The Balaban J connectivity index is 1.66. The summed E-state index contributed by atoms with van der Waals surface area (Å²) in [5.74, 6) is 0.102. The second-order valence-corrected chi connectivity index (χ2v) is 6.40. The molecule has 1 aliphatic rings. The van der Waals surface area contributed by atoms with Crippen LogP contribution < -0.4 is 15.5 Å². The molecule has 0 saturated carbocycles. The van der Waals surface area contributed by atoms with E-state index in [0.29, 0.717) is 25.2 Å². The molecule has 0 aromatic heterocycles.